The molecule has 0 N–H and O–H groups in total. The Hall–Kier alpha value is -5.87. The van der Waals surface area contributed by atoms with Crippen LogP contribution in [0.25, 0.3) is 66.1 Å². The van der Waals surface area contributed by atoms with Crippen LogP contribution in [0.3, 0.4) is 0 Å². The SMILES string of the molecule is CC(C)(C)c1ccc2c(c1)c1ccccc1n2-c1cc(-c2c(F)c(F)cc(F)c2F)cc(-n2c3ccccc3c3cc(C(C)(C)C)ccc32)c1C#N. The summed E-state index contributed by atoms with van der Waals surface area (Å²) in [6.07, 6.45) is 0. The summed E-state index contributed by atoms with van der Waals surface area (Å²) >= 11 is 0. The molecule has 0 radical (unpaired) electrons. The van der Waals surface area contributed by atoms with Crippen molar-refractivity contribution in [3.8, 4) is 28.6 Å². The lowest BCUT2D eigenvalue weighted by Gasteiger charge is -2.21. The molecule has 6 aromatic carbocycles. The van der Waals surface area contributed by atoms with Crippen LogP contribution in [0.1, 0.15) is 58.2 Å². The lowest BCUT2D eigenvalue weighted by atomic mass is 9.86. The van der Waals surface area contributed by atoms with Gasteiger partial charge in [-0.1, -0.05) is 90.1 Å². The van der Waals surface area contributed by atoms with E-state index in [9.17, 15) is 14.0 Å². The number of halogens is 4. The number of benzene rings is 6. The molecule has 0 saturated heterocycles. The van der Waals surface area contributed by atoms with Crippen LogP contribution < -0.4 is 0 Å². The summed E-state index contributed by atoms with van der Waals surface area (Å²) in [6.45, 7) is 12.8. The Morgan fingerprint density at radius 2 is 0.904 bits per heavy atom. The fourth-order valence-corrected chi connectivity index (χ4v) is 7.45. The number of para-hydroxylation sites is 2. The van der Waals surface area contributed by atoms with Crippen molar-refractivity contribution in [1.29, 1.82) is 5.26 Å². The molecule has 7 heteroatoms. The molecule has 0 bridgehead atoms. The molecular weight excluding hydrogens is 659 g/mol. The minimum Gasteiger partial charge on any atom is -0.308 e. The number of nitriles is 1. The number of fused-ring (bicyclic) bond motifs is 6. The lowest BCUT2D eigenvalue weighted by molar-refractivity contribution is 0.458. The summed E-state index contributed by atoms with van der Waals surface area (Å²) in [5.41, 5.74) is 4.82. The maximum Gasteiger partial charge on any atom is 0.169 e. The van der Waals surface area contributed by atoms with Gasteiger partial charge < -0.3 is 9.13 Å². The summed E-state index contributed by atoms with van der Waals surface area (Å²) < 4.78 is 65.0. The first-order valence-electron chi connectivity index (χ1n) is 17.2. The molecule has 8 rings (SSSR count). The van der Waals surface area contributed by atoms with E-state index in [1.807, 2.05) is 81.9 Å². The van der Waals surface area contributed by atoms with Gasteiger partial charge in [-0.2, -0.15) is 5.26 Å². The predicted molar refractivity (Wildman–Crippen MR) is 203 cm³/mol. The van der Waals surface area contributed by atoms with E-state index in [1.165, 1.54) is 12.1 Å². The molecule has 0 saturated carbocycles. The van der Waals surface area contributed by atoms with Gasteiger partial charge in [-0.05, 0) is 76.1 Å². The van der Waals surface area contributed by atoms with Crippen LogP contribution in [-0.4, -0.2) is 9.13 Å². The van der Waals surface area contributed by atoms with E-state index in [0.29, 0.717) is 11.4 Å². The maximum absolute atomic E-state index is 15.7. The van der Waals surface area contributed by atoms with Crippen molar-refractivity contribution in [2.24, 2.45) is 0 Å². The third-order valence-electron chi connectivity index (χ3n) is 10.2. The number of hydrogen-bond donors (Lipinski definition) is 0. The van der Waals surface area contributed by atoms with E-state index >= 15 is 8.78 Å². The topological polar surface area (TPSA) is 33.6 Å². The predicted octanol–water partition coefficient (Wildman–Crippen LogP) is 12.6. The zero-order valence-electron chi connectivity index (χ0n) is 29.7. The van der Waals surface area contributed by atoms with Gasteiger partial charge in [0, 0.05) is 27.6 Å². The normalized spacial score (nSPS) is 12.4. The summed E-state index contributed by atoms with van der Waals surface area (Å²) in [5, 5.41) is 14.8. The van der Waals surface area contributed by atoms with E-state index in [0.717, 1.165) is 54.7 Å². The van der Waals surface area contributed by atoms with Crippen LogP contribution in [-0.2, 0) is 10.8 Å². The lowest BCUT2D eigenvalue weighted by Crippen LogP contribution is -2.11. The van der Waals surface area contributed by atoms with Gasteiger partial charge in [0.1, 0.15) is 11.6 Å². The second-order valence-electron chi connectivity index (χ2n) is 15.5. The van der Waals surface area contributed by atoms with Gasteiger partial charge in [0.15, 0.2) is 23.3 Å². The quantitative estimate of drug-likeness (QED) is 0.134. The van der Waals surface area contributed by atoms with Gasteiger partial charge in [-0.15, -0.1) is 0 Å². The maximum atomic E-state index is 15.7. The molecule has 2 heterocycles. The third kappa shape index (κ3) is 5.00. The van der Waals surface area contributed by atoms with Gasteiger partial charge in [0.25, 0.3) is 0 Å². The molecule has 0 aliphatic carbocycles. The highest BCUT2D eigenvalue weighted by atomic mass is 19.2. The molecule has 258 valence electrons. The van der Waals surface area contributed by atoms with E-state index in [4.69, 9.17) is 0 Å². The Morgan fingerprint density at radius 1 is 0.500 bits per heavy atom. The zero-order valence-corrected chi connectivity index (χ0v) is 29.7. The number of aromatic nitrogens is 2. The highest BCUT2D eigenvalue weighted by molar-refractivity contribution is 6.11. The number of rotatable bonds is 3. The molecular formula is C45H35F4N3. The standard InChI is InChI=1S/C45H35F4N3/c1-44(2,3)26-15-17-37-30(21-26)28-11-7-9-13-35(28)51(37)39-19-25(41-42(48)33(46)23-34(47)43(41)49)20-40(32(39)24-50)52-36-14-10-8-12-29(36)31-22-27(45(4,5)6)16-18-38(31)52/h7-23H,1-6H3. The van der Waals surface area contributed by atoms with Crippen LogP contribution >= 0.6 is 0 Å². The van der Waals surface area contributed by atoms with Crippen LogP contribution in [0.2, 0.25) is 0 Å². The first-order valence-corrected chi connectivity index (χ1v) is 17.2. The van der Waals surface area contributed by atoms with Crippen LogP contribution in [0.4, 0.5) is 17.6 Å². The molecule has 0 unspecified atom stereocenters. The van der Waals surface area contributed by atoms with E-state index < -0.39 is 28.8 Å². The molecule has 0 atom stereocenters. The molecule has 0 amide bonds. The summed E-state index contributed by atoms with van der Waals surface area (Å²) in [4.78, 5) is 0. The Kier molecular flexibility index (Phi) is 7.41. The Bertz CT molecular complexity index is 2640. The highest BCUT2D eigenvalue weighted by Gasteiger charge is 2.27. The summed E-state index contributed by atoms with van der Waals surface area (Å²) in [5.74, 6) is -6.07. The van der Waals surface area contributed by atoms with Gasteiger partial charge >= 0.3 is 0 Å². The molecule has 2 aromatic heterocycles. The van der Waals surface area contributed by atoms with Gasteiger partial charge in [0.2, 0.25) is 0 Å². The largest absolute Gasteiger partial charge is 0.308 e. The van der Waals surface area contributed by atoms with Crippen LogP contribution in [0, 0.1) is 34.6 Å². The second-order valence-corrected chi connectivity index (χ2v) is 15.5. The smallest absolute Gasteiger partial charge is 0.169 e. The fraction of sp³-hybridized carbons (Fsp3) is 0.178. The molecule has 0 aliphatic rings. The van der Waals surface area contributed by atoms with Crippen molar-refractivity contribution in [1.82, 2.24) is 9.13 Å². The average molecular weight is 694 g/mol. The monoisotopic (exact) mass is 693 g/mol. The Balaban J connectivity index is 1.57. The van der Waals surface area contributed by atoms with Gasteiger partial charge in [-0.3, -0.25) is 0 Å². The summed E-state index contributed by atoms with van der Waals surface area (Å²) in [6, 6.07) is 33.4. The number of nitrogens with zero attached hydrogens (tertiary/aromatic N) is 3. The minimum absolute atomic E-state index is 0.119. The summed E-state index contributed by atoms with van der Waals surface area (Å²) in [7, 11) is 0. The highest BCUT2D eigenvalue weighted by Crippen LogP contribution is 2.42. The first-order chi connectivity index (χ1) is 24.7. The molecule has 0 spiro atoms. The van der Waals surface area contributed by atoms with Crippen molar-refractivity contribution in [2.45, 2.75) is 52.4 Å². The minimum atomic E-state index is -1.52. The molecule has 3 nitrogen and oxygen atoms in total. The van der Waals surface area contributed by atoms with E-state index in [-0.39, 0.29) is 28.0 Å². The van der Waals surface area contributed by atoms with Crippen LogP contribution in [0.5, 0.6) is 0 Å². The molecule has 0 fully saturated rings. The average Bonchev–Trinajstić information content (AvgIpc) is 3.62. The van der Waals surface area contributed by atoms with Crippen molar-refractivity contribution < 1.29 is 17.6 Å². The Labute approximate surface area is 299 Å². The van der Waals surface area contributed by atoms with Gasteiger partial charge in [0.05, 0.1) is 39.0 Å². The van der Waals surface area contributed by atoms with Crippen LogP contribution in [0.15, 0.2) is 103 Å². The van der Waals surface area contributed by atoms with E-state index in [1.54, 1.807) is 0 Å². The third-order valence-corrected chi connectivity index (χ3v) is 10.2. The number of hydrogen-bond acceptors (Lipinski definition) is 1. The second kappa shape index (κ2) is 11.6. The van der Waals surface area contributed by atoms with Crippen molar-refractivity contribution >= 4 is 43.6 Å². The fourth-order valence-electron chi connectivity index (χ4n) is 7.45. The van der Waals surface area contributed by atoms with Crippen molar-refractivity contribution in [2.75, 3.05) is 0 Å². The van der Waals surface area contributed by atoms with E-state index in [2.05, 4.69) is 59.7 Å². The first kappa shape index (κ1) is 33.3. The van der Waals surface area contributed by atoms with Gasteiger partial charge in [-0.25, -0.2) is 17.6 Å². The molecule has 8 aromatic rings. The zero-order chi connectivity index (χ0) is 36.9. The molecule has 52 heavy (non-hydrogen) atoms. The van der Waals surface area contributed by atoms with Crippen molar-refractivity contribution in [3.63, 3.8) is 0 Å². The van der Waals surface area contributed by atoms with Crippen molar-refractivity contribution in [3.05, 3.63) is 143 Å². The Morgan fingerprint density at radius 3 is 1.31 bits per heavy atom. The molecule has 0 aliphatic heterocycles.